The van der Waals surface area contributed by atoms with Crippen molar-refractivity contribution in [3.8, 4) is 0 Å². The molecule has 0 amide bonds. The maximum absolute atomic E-state index is 13.0. The van der Waals surface area contributed by atoms with Crippen LogP contribution in [0.3, 0.4) is 0 Å². The van der Waals surface area contributed by atoms with Crippen LogP contribution in [0.5, 0.6) is 0 Å². The van der Waals surface area contributed by atoms with Crippen LogP contribution in [-0.4, -0.2) is 52.5 Å². The molecule has 2 fully saturated rings. The zero-order chi connectivity index (χ0) is 21.1. The molecule has 1 aromatic rings. The van der Waals surface area contributed by atoms with Gasteiger partial charge in [0.25, 0.3) is 0 Å². The normalized spacial score (nSPS) is 31.7. The molecule has 4 atom stereocenters. The van der Waals surface area contributed by atoms with Gasteiger partial charge in [0.2, 0.25) is 0 Å². The standard InChI is InChI=1S/C18H22O8S2/c1-11-9-17(11,15(19)25-3)27(21,22)13-5-7-14(8-6-13)28(23,24)18(10-12(18)2)16(20)26-4/h5-8,11-12H,9-10H2,1-4H3. The molecule has 154 valence electrons. The first-order chi connectivity index (χ1) is 12.9. The van der Waals surface area contributed by atoms with Crippen LogP contribution in [0.2, 0.25) is 0 Å². The summed E-state index contributed by atoms with van der Waals surface area (Å²) in [6.07, 6.45) is 0.288. The van der Waals surface area contributed by atoms with Crippen LogP contribution in [0.1, 0.15) is 26.7 Å². The first kappa shape index (κ1) is 20.8. The first-order valence-corrected chi connectivity index (χ1v) is 11.7. The van der Waals surface area contributed by atoms with Crippen molar-refractivity contribution >= 4 is 31.6 Å². The van der Waals surface area contributed by atoms with Gasteiger partial charge in [-0.2, -0.15) is 0 Å². The third-order valence-electron chi connectivity index (χ3n) is 5.96. The Labute approximate surface area is 164 Å². The minimum Gasteiger partial charge on any atom is -0.468 e. The molecule has 0 spiro atoms. The van der Waals surface area contributed by atoms with Gasteiger partial charge in [0.15, 0.2) is 29.2 Å². The van der Waals surface area contributed by atoms with Gasteiger partial charge in [-0.3, -0.25) is 9.59 Å². The summed E-state index contributed by atoms with van der Waals surface area (Å²) in [4.78, 5) is 23.8. The molecule has 10 heteroatoms. The maximum Gasteiger partial charge on any atom is 0.327 e. The highest BCUT2D eigenvalue weighted by molar-refractivity contribution is 7.94. The Morgan fingerprint density at radius 2 is 1.04 bits per heavy atom. The highest BCUT2D eigenvalue weighted by Gasteiger charge is 2.69. The lowest BCUT2D eigenvalue weighted by molar-refractivity contribution is -0.142. The van der Waals surface area contributed by atoms with Gasteiger partial charge in [0, 0.05) is 0 Å². The van der Waals surface area contributed by atoms with E-state index in [1.807, 2.05) is 0 Å². The molecule has 0 bridgehead atoms. The van der Waals surface area contributed by atoms with Gasteiger partial charge < -0.3 is 9.47 Å². The Morgan fingerprint density at radius 3 is 1.21 bits per heavy atom. The Bertz CT molecular complexity index is 957. The monoisotopic (exact) mass is 430 g/mol. The fourth-order valence-corrected chi connectivity index (χ4v) is 8.33. The van der Waals surface area contributed by atoms with E-state index in [9.17, 15) is 26.4 Å². The molecule has 2 aliphatic rings. The summed E-state index contributed by atoms with van der Waals surface area (Å²) in [6, 6.07) is 4.60. The number of hydrogen-bond acceptors (Lipinski definition) is 8. The van der Waals surface area contributed by atoms with E-state index in [1.165, 1.54) is 0 Å². The Hall–Kier alpha value is -1.94. The van der Waals surface area contributed by atoms with Gasteiger partial charge in [-0.05, 0) is 48.9 Å². The predicted molar refractivity (Wildman–Crippen MR) is 97.9 cm³/mol. The average molecular weight is 431 g/mol. The molecule has 0 heterocycles. The number of benzene rings is 1. The second kappa shape index (κ2) is 6.28. The summed E-state index contributed by atoms with van der Waals surface area (Å²) in [5, 5.41) is 0. The van der Waals surface area contributed by atoms with E-state index < -0.39 is 52.9 Å². The number of ether oxygens (including phenoxy) is 2. The van der Waals surface area contributed by atoms with E-state index in [0.717, 1.165) is 38.5 Å². The molecule has 0 saturated heterocycles. The number of carbonyl (C=O) groups excluding carboxylic acids is 2. The zero-order valence-electron chi connectivity index (χ0n) is 16.0. The SMILES string of the molecule is COC(=O)C1(S(=O)(=O)c2ccc(S(=O)(=O)C3(C(=O)OC)CC3C)cc2)CC1C. The lowest BCUT2D eigenvalue weighted by Crippen LogP contribution is -2.36. The molecular weight excluding hydrogens is 408 g/mol. The van der Waals surface area contributed by atoms with Crippen LogP contribution >= 0.6 is 0 Å². The third kappa shape index (κ3) is 2.46. The summed E-state index contributed by atoms with van der Waals surface area (Å²) in [5.74, 6) is -2.45. The molecule has 2 saturated carbocycles. The number of rotatable bonds is 6. The Kier molecular flexibility index (Phi) is 4.66. The fourth-order valence-electron chi connectivity index (χ4n) is 3.89. The summed E-state index contributed by atoms with van der Waals surface area (Å²) in [5.41, 5.74) is 0. The summed E-state index contributed by atoms with van der Waals surface area (Å²) in [7, 11) is -5.87. The number of carbonyl (C=O) groups is 2. The van der Waals surface area contributed by atoms with Crippen molar-refractivity contribution < 1.29 is 35.9 Å². The molecule has 2 aliphatic carbocycles. The Morgan fingerprint density at radius 1 is 0.786 bits per heavy atom. The smallest absolute Gasteiger partial charge is 0.327 e. The largest absolute Gasteiger partial charge is 0.468 e. The highest BCUT2D eigenvalue weighted by atomic mass is 32.2. The van der Waals surface area contributed by atoms with Gasteiger partial charge in [0.1, 0.15) is 0 Å². The lowest BCUT2D eigenvalue weighted by Gasteiger charge is -2.17. The minimum atomic E-state index is -4.06. The number of esters is 2. The maximum atomic E-state index is 13.0. The molecule has 3 rings (SSSR count). The highest BCUT2D eigenvalue weighted by Crippen LogP contribution is 2.54. The van der Waals surface area contributed by atoms with Crippen molar-refractivity contribution in [3.05, 3.63) is 24.3 Å². The first-order valence-electron chi connectivity index (χ1n) is 8.69. The van der Waals surface area contributed by atoms with Crippen molar-refractivity contribution in [2.75, 3.05) is 14.2 Å². The van der Waals surface area contributed by atoms with Gasteiger partial charge in [0.05, 0.1) is 24.0 Å². The lowest BCUT2D eigenvalue weighted by atomic mass is 10.3. The number of sulfone groups is 2. The van der Waals surface area contributed by atoms with Gasteiger partial charge >= 0.3 is 11.9 Å². The molecule has 8 nitrogen and oxygen atoms in total. The van der Waals surface area contributed by atoms with Crippen LogP contribution in [-0.2, 0) is 38.7 Å². The van der Waals surface area contributed by atoms with Crippen LogP contribution in [0.25, 0.3) is 0 Å². The topological polar surface area (TPSA) is 121 Å². The number of hydrogen-bond donors (Lipinski definition) is 0. The van der Waals surface area contributed by atoms with Crippen molar-refractivity contribution in [2.24, 2.45) is 11.8 Å². The van der Waals surface area contributed by atoms with Crippen molar-refractivity contribution in [2.45, 2.75) is 46.0 Å². The van der Waals surface area contributed by atoms with E-state index in [4.69, 9.17) is 0 Å². The molecule has 4 unspecified atom stereocenters. The van der Waals surface area contributed by atoms with Gasteiger partial charge in [-0.25, -0.2) is 16.8 Å². The molecule has 28 heavy (non-hydrogen) atoms. The fraction of sp³-hybridized carbons (Fsp3) is 0.556. The molecule has 1 aromatic carbocycles. The summed E-state index contributed by atoms with van der Waals surface area (Å²) >= 11 is 0. The summed E-state index contributed by atoms with van der Waals surface area (Å²) in [6.45, 7) is 3.28. The second-order valence-corrected chi connectivity index (χ2v) is 11.9. The average Bonchev–Trinajstić information content (AvgIpc) is 3.55. The number of methoxy groups -OCH3 is 2. The van der Waals surface area contributed by atoms with Crippen LogP contribution < -0.4 is 0 Å². The van der Waals surface area contributed by atoms with Crippen LogP contribution in [0.4, 0.5) is 0 Å². The van der Waals surface area contributed by atoms with Crippen molar-refractivity contribution in [1.82, 2.24) is 0 Å². The van der Waals surface area contributed by atoms with E-state index >= 15 is 0 Å². The van der Waals surface area contributed by atoms with E-state index in [2.05, 4.69) is 9.47 Å². The van der Waals surface area contributed by atoms with E-state index in [-0.39, 0.29) is 22.6 Å². The van der Waals surface area contributed by atoms with E-state index in [1.54, 1.807) is 13.8 Å². The van der Waals surface area contributed by atoms with Crippen LogP contribution in [0, 0.1) is 11.8 Å². The second-order valence-electron chi connectivity index (χ2n) is 7.45. The quantitative estimate of drug-likeness (QED) is 0.616. The third-order valence-corrected chi connectivity index (χ3v) is 11.1. The van der Waals surface area contributed by atoms with Crippen molar-refractivity contribution in [1.29, 1.82) is 0 Å². The Balaban J connectivity index is 1.99. The van der Waals surface area contributed by atoms with Gasteiger partial charge in [-0.1, -0.05) is 13.8 Å². The zero-order valence-corrected chi connectivity index (χ0v) is 17.6. The molecule has 0 aliphatic heterocycles. The van der Waals surface area contributed by atoms with E-state index in [0.29, 0.717) is 0 Å². The van der Waals surface area contributed by atoms with Crippen LogP contribution in [0.15, 0.2) is 34.1 Å². The minimum absolute atomic E-state index is 0.144. The molecule has 0 N–H and O–H groups in total. The van der Waals surface area contributed by atoms with Gasteiger partial charge in [-0.15, -0.1) is 0 Å². The predicted octanol–water partition coefficient (Wildman–Crippen LogP) is 1.14. The molecular formula is C18H22O8S2. The molecule has 0 aromatic heterocycles. The summed E-state index contributed by atoms with van der Waals surface area (Å²) < 4.78 is 58.0. The van der Waals surface area contributed by atoms with Crippen molar-refractivity contribution in [3.63, 3.8) is 0 Å². The molecule has 0 radical (unpaired) electrons.